The lowest BCUT2D eigenvalue weighted by atomic mass is 9.94. The fourth-order valence-electron chi connectivity index (χ4n) is 5.33. The zero-order chi connectivity index (χ0) is 18.6. The maximum Gasteiger partial charge on any atom is 0.285 e. The molecule has 0 bridgehead atoms. The summed E-state index contributed by atoms with van der Waals surface area (Å²) in [6.07, 6.45) is 5.42. The summed E-state index contributed by atoms with van der Waals surface area (Å²) >= 11 is 0. The van der Waals surface area contributed by atoms with Crippen LogP contribution in [0.2, 0.25) is 0 Å². The fraction of sp³-hybridized carbons (Fsp3) is 0.600. The molecule has 1 aromatic rings. The van der Waals surface area contributed by atoms with Gasteiger partial charge in [-0.05, 0) is 49.7 Å². The van der Waals surface area contributed by atoms with Crippen molar-refractivity contribution < 1.29 is 13.2 Å². The van der Waals surface area contributed by atoms with Crippen molar-refractivity contribution >= 4 is 21.8 Å². The van der Waals surface area contributed by atoms with Gasteiger partial charge in [0.25, 0.3) is 10.0 Å². The molecule has 0 spiro atoms. The highest BCUT2D eigenvalue weighted by Crippen LogP contribution is 2.39. The number of nitrogens with zero attached hydrogens (tertiary/aromatic N) is 3. The number of hydrogen-bond acceptors (Lipinski definition) is 4. The first kappa shape index (κ1) is 17.2. The Kier molecular flexibility index (Phi) is 4.04. The number of piperidine rings is 1. The van der Waals surface area contributed by atoms with Gasteiger partial charge in [-0.15, -0.1) is 4.40 Å². The molecule has 2 atom stereocenters. The molecular formula is C20H25N3O3S. The normalized spacial score (nSPS) is 29.6. The maximum absolute atomic E-state index is 12.9. The van der Waals surface area contributed by atoms with Crippen molar-refractivity contribution in [3.8, 4) is 0 Å². The zero-order valence-electron chi connectivity index (χ0n) is 15.4. The van der Waals surface area contributed by atoms with Gasteiger partial charge in [-0.1, -0.05) is 18.6 Å². The molecule has 2 saturated heterocycles. The zero-order valence-corrected chi connectivity index (χ0v) is 16.2. The number of hydrogen-bond donors (Lipinski definition) is 0. The number of amidine groups is 1. The average molecular weight is 388 g/mol. The molecule has 3 aliphatic heterocycles. The molecule has 144 valence electrons. The summed E-state index contributed by atoms with van der Waals surface area (Å²) in [4.78, 5) is 17.4. The van der Waals surface area contributed by atoms with Crippen LogP contribution in [0.5, 0.6) is 0 Å². The molecule has 0 aromatic heterocycles. The van der Waals surface area contributed by atoms with Crippen molar-refractivity contribution in [1.82, 2.24) is 9.80 Å². The number of sulfonamides is 1. The third-order valence-corrected chi connectivity index (χ3v) is 8.12. The van der Waals surface area contributed by atoms with E-state index in [1.54, 1.807) is 12.1 Å². The highest BCUT2D eigenvalue weighted by atomic mass is 32.2. The van der Waals surface area contributed by atoms with E-state index in [1.165, 1.54) is 19.3 Å². The number of carbonyl (C=O) groups is 1. The summed E-state index contributed by atoms with van der Waals surface area (Å²) in [5, 5.41) is 0. The number of benzene rings is 1. The maximum atomic E-state index is 12.9. The van der Waals surface area contributed by atoms with Crippen molar-refractivity contribution in [2.75, 3.05) is 26.2 Å². The van der Waals surface area contributed by atoms with Gasteiger partial charge in [-0.2, -0.15) is 8.42 Å². The highest BCUT2D eigenvalue weighted by Gasteiger charge is 2.41. The van der Waals surface area contributed by atoms with Gasteiger partial charge in [0.1, 0.15) is 4.90 Å². The van der Waals surface area contributed by atoms with Crippen LogP contribution in [0.1, 0.15) is 37.7 Å². The van der Waals surface area contributed by atoms with Crippen molar-refractivity contribution in [3.63, 3.8) is 0 Å². The van der Waals surface area contributed by atoms with Gasteiger partial charge in [0, 0.05) is 37.7 Å². The third-order valence-electron chi connectivity index (χ3n) is 6.79. The molecular weight excluding hydrogens is 362 g/mol. The molecule has 1 aromatic carbocycles. The van der Waals surface area contributed by atoms with E-state index in [2.05, 4.69) is 9.30 Å². The Labute approximate surface area is 160 Å². The predicted molar refractivity (Wildman–Crippen MR) is 102 cm³/mol. The number of rotatable bonds is 1. The Morgan fingerprint density at radius 3 is 2.37 bits per heavy atom. The Morgan fingerprint density at radius 1 is 1.00 bits per heavy atom. The first-order valence-electron chi connectivity index (χ1n) is 10.0. The monoisotopic (exact) mass is 387 g/mol. The van der Waals surface area contributed by atoms with Crippen LogP contribution in [-0.2, 0) is 14.8 Å². The lowest BCUT2D eigenvalue weighted by Crippen LogP contribution is -2.44. The molecule has 3 fully saturated rings. The van der Waals surface area contributed by atoms with Crippen molar-refractivity contribution in [1.29, 1.82) is 0 Å². The van der Waals surface area contributed by atoms with Crippen LogP contribution in [-0.4, -0.2) is 56.1 Å². The molecule has 1 aliphatic carbocycles. The lowest BCUT2D eigenvalue weighted by molar-refractivity contribution is -0.136. The average Bonchev–Trinajstić information content (AvgIpc) is 3.34. The minimum atomic E-state index is -3.58. The van der Waals surface area contributed by atoms with Crippen LogP contribution in [0.15, 0.2) is 33.6 Å². The van der Waals surface area contributed by atoms with Crippen LogP contribution in [0.25, 0.3) is 0 Å². The number of amides is 1. The fourth-order valence-corrected chi connectivity index (χ4v) is 6.56. The van der Waals surface area contributed by atoms with Gasteiger partial charge in [-0.3, -0.25) is 4.79 Å². The molecule has 4 aliphatic rings. The molecule has 3 heterocycles. The second-order valence-corrected chi connectivity index (χ2v) is 9.91. The molecule has 0 N–H and O–H groups in total. The van der Waals surface area contributed by atoms with Gasteiger partial charge >= 0.3 is 0 Å². The Morgan fingerprint density at radius 2 is 1.67 bits per heavy atom. The van der Waals surface area contributed by atoms with Crippen LogP contribution in [0, 0.1) is 17.8 Å². The van der Waals surface area contributed by atoms with Gasteiger partial charge in [0.15, 0.2) is 5.84 Å². The Hall–Kier alpha value is -1.89. The second-order valence-electron chi connectivity index (χ2n) is 8.34. The SMILES string of the molecule is O=C(C1CCN(C2=NS(=O)(=O)c3ccccc32)CC1)N1C[C@H]2CCC[C@@H]2C1. The summed E-state index contributed by atoms with van der Waals surface area (Å²) in [6, 6.07) is 7.00. The molecule has 6 nitrogen and oxygen atoms in total. The van der Waals surface area contributed by atoms with E-state index >= 15 is 0 Å². The Balaban J connectivity index is 1.25. The van der Waals surface area contributed by atoms with E-state index in [4.69, 9.17) is 0 Å². The number of fused-ring (bicyclic) bond motifs is 2. The summed E-state index contributed by atoms with van der Waals surface area (Å²) in [5.74, 6) is 2.37. The first-order chi connectivity index (χ1) is 13.0. The topological polar surface area (TPSA) is 70.0 Å². The van der Waals surface area contributed by atoms with Crippen molar-refractivity contribution in [3.05, 3.63) is 29.8 Å². The number of carbonyl (C=O) groups excluding carboxylic acids is 1. The Bertz CT molecular complexity index is 891. The summed E-state index contributed by atoms with van der Waals surface area (Å²) in [6.45, 7) is 3.25. The standard InChI is InChI=1S/C20H25N3O3S/c24-20(23-12-15-4-3-5-16(15)13-23)14-8-10-22(11-9-14)19-17-6-1-2-7-18(17)27(25,26)21-19/h1-2,6-7,14-16H,3-5,8-13H2/t15-,16-/m1/s1. The minimum Gasteiger partial charge on any atom is -0.355 e. The molecule has 0 unspecified atom stereocenters. The molecule has 1 amide bonds. The molecule has 5 rings (SSSR count). The van der Waals surface area contributed by atoms with E-state index in [-0.39, 0.29) is 5.92 Å². The molecule has 0 radical (unpaired) electrons. The van der Waals surface area contributed by atoms with E-state index in [0.29, 0.717) is 35.3 Å². The van der Waals surface area contributed by atoms with Crippen LogP contribution >= 0.6 is 0 Å². The lowest BCUT2D eigenvalue weighted by Gasteiger charge is -2.34. The van der Waals surface area contributed by atoms with E-state index in [1.807, 2.05) is 17.0 Å². The van der Waals surface area contributed by atoms with Gasteiger partial charge in [0.2, 0.25) is 5.91 Å². The molecule has 27 heavy (non-hydrogen) atoms. The van der Waals surface area contributed by atoms with E-state index in [9.17, 15) is 13.2 Å². The van der Waals surface area contributed by atoms with Gasteiger partial charge in [-0.25, -0.2) is 0 Å². The molecule has 1 saturated carbocycles. The smallest absolute Gasteiger partial charge is 0.285 e. The van der Waals surface area contributed by atoms with Crippen LogP contribution < -0.4 is 0 Å². The van der Waals surface area contributed by atoms with E-state index in [0.717, 1.165) is 37.8 Å². The summed E-state index contributed by atoms with van der Waals surface area (Å²) in [5.41, 5.74) is 0.689. The summed E-state index contributed by atoms with van der Waals surface area (Å²) < 4.78 is 28.6. The summed E-state index contributed by atoms with van der Waals surface area (Å²) in [7, 11) is -3.58. The van der Waals surface area contributed by atoms with E-state index < -0.39 is 10.0 Å². The first-order valence-corrected chi connectivity index (χ1v) is 11.4. The molecule has 7 heteroatoms. The van der Waals surface area contributed by atoms with Crippen LogP contribution in [0.3, 0.4) is 0 Å². The number of likely N-dealkylation sites (tertiary alicyclic amines) is 2. The van der Waals surface area contributed by atoms with Gasteiger partial charge < -0.3 is 9.80 Å². The predicted octanol–water partition coefficient (Wildman–Crippen LogP) is 2.11. The highest BCUT2D eigenvalue weighted by molar-refractivity contribution is 7.90. The van der Waals surface area contributed by atoms with Crippen molar-refractivity contribution in [2.24, 2.45) is 22.2 Å². The second kappa shape index (κ2) is 6.33. The van der Waals surface area contributed by atoms with Gasteiger partial charge in [0.05, 0.1) is 0 Å². The largest absolute Gasteiger partial charge is 0.355 e. The quantitative estimate of drug-likeness (QED) is 0.740. The van der Waals surface area contributed by atoms with Crippen molar-refractivity contribution in [2.45, 2.75) is 37.0 Å². The third kappa shape index (κ3) is 2.87. The van der Waals surface area contributed by atoms with Crippen LogP contribution in [0.4, 0.5) is 0 Å². The minimum absolute atomic E-state index is 0.0638.